The molecule has 2 aromatic rings. The Morgan fingerprint density at radius 2 is 1.63 bits per heavy atom. The summed E-state index contributed by atoms with van der Waals surface area (Å²) < 4.78 is 10.6. The molecule has 1 aliphatic carbocycles. The molecule has 0 spiro atoms. The van der Waals surface area contributed by atoms with Gasteiger partial charge in [0.25, 0.3) is 0 Å². The Bertz CT molecular complexity index is 920. The smallest absolute Gasteiger partial charge is 0.230 e. The molecule has 30 heavy (non-hydrogen) atoms. The van der Waals surface area contributed by atoms with E-state index in [1.165, 1.54) is 5.56 Å². The number of nitrogens with one attached hydrogen (secondary N) is 1. The van der Waals surface area contributed by atoms with E-state index in [1.54, 1.807) is 32.4 Å². The summed E-state index contributed by atoms with van der Waals surface area (Å²) in [6.07, 6.45) is 4.27. The molecular weight excluding hydrogens is 380 g/mol. The molecule has 0 aromatic heterocycles. The van der Waals surface area contributed by atoms with Gasteiger partial charge in [0.1, 0.15) is 11.5 Å². The molecule has 2 aliphatic rings. The van der Waals surface area contributed by atoms with Crippen LogP contribution in [0, 0.1) is 11.8 Å². The predicted octanol–water partition coefficient (Wildman–Crippen LogP) is 4.04. The van der Waals surface area contributed by atoms with Crippen molar-refractivity contribution < 1.29 is 19.1 Å². The average molecular weight is 408 g/mol. The van der Waals surface area contributed by atoms with Crippen molar-refractivity contribution >= 4 is 23.2 Å². The number of fused-ring (bicyclic) bond motifs is 1. The minimum Gasteiger partial charge on any atom is -0.497 e. The van der Waals surface area contributed by atoms with Gasteiger partial charge in [-0.1, -0.05) is 31.0 Å². The number of carbonyl (C=O) groups excluding carboxylic acids is 2. The second-order valence-corrected chi connectivity index (χ2v) is 7.96. The monoisotopic (exact) mass is 408 g/mol. The quantitative estimate of drug-likeness (QED) is 0.811. The van der Waals surface area contributed by atoms with Crippen molar-refractivity contribution in [2.75, 3.05) is 31.0 Å². The number of hydrogen-bond donors (Lipinski definition) is 1. The third-order valence-corrected chi connectivity index (χ3v) is 6.19. The zero-order chi connectivity index (χ0) is 21.1. The van der Waals surface area contributed by atoms with Gasteiger partial charge in [-0.25, -0.2) is 0 Å². The molecule has 4 rings (SSSR count). The van der Waals surface area contributed by atoms with Gasteiger partial charge in [0.05, 0.1) is 20.1 Å². The molecule has 158 valence electrons. The van der Waals surface area contributed by atoms with Crippen LogP contribution in [-0.4, -0.2) is 32.6 Å². The first kappa shape index (κ1) is 20.3. The van der Waals surface area contributed by atoms with Crippen LogP contribution in [0.2, 0.25) is 0 Å². The molecule has 0 bridgehead atoms. The Hall–Kier alpha value is -3.02. The van der Waals surface area contributed by atoms with Crippen molar-refractivity contribution in [1.29, 1.82) is 0 Å². The molecule has 0 unspecified atom stereocenters. The maximum atomic E-state index is 13.4. The van der Waals surface area contributed by atoms with Crippen molar-refractivity contribution in [3.05, 3.63) is 48.0 Å². The zero-order valence-electron chi connectivity index (χ0n) is 17.5. The number of ether oxygens (including phenoxy) is 2. The van der Waals surface area contributed by atoms with E-state index in [1.807, 2.05) is 23.1 Å². The highest BCUT2D eigenvalue weighted by atomic mass is 16.5. The maximum Gasteiger partial charge on any atom is 0.230 e. The van der Waals surface area contributed by atoms with Gasteiger partial charge in [-0.15, -0.1) is 0 Å². The van der Waals surface area contributed by atoms with Crippen LogP contribution in [0.4, 0.5) is 11.4 Å². The van der Waals surface area contributed by atoms with Gasteiger partial charge in [-0.05, 0) is 30.9 Å². The first-order valence-electron chi connectivity index (χ1n) is 10.5. The summed E-state index contributed by atoms with van der Waals surface area (Å²) in [5.41, 5.74) is 2.80. The lowest BCUT2D eigenvalue weighted by Gasteiger charge is -2.32. The maximum absolute atomic E-state index is 13.4. The fourth-order valence-electron chi connectivity index (χ4n) is 4.62. The van der Waals surface area contributed by atoms with Crippen LogP contribution in [0.5, 0.6) is 11.5 Å². The van der Waals surface area contributed by atoms with Crippen LogP contribution in [0.3, 0.4) is 0 Å². The van der Waals surface area contributed by atoms with E-state index in [0.717, 1.165) is 37.8 Å². The standard InChI is InChI=1S/C24H28N2O4/c1-29-18-13-17(14-19(15-18)30-2)25-23(27)20-8-4-5-9-21(20)24(28)26-12-11-16-7-3-6-10-22(16)26/h3,6-7,10,13-15,20-21H,4-5,8-9,11-12H2,1-2H3,(H,25,27)/t20-,21+/m1/s1. The van der Waals surface area contributed by atoms with E-state index in [4.69, 9.17) is 9.47 Å². The third kappa shape index (κ3) is 3.99. The Morgan fingerprint density at radius 3 is 2.33 bits per heavy atom. The van der Waals surface area contributed by atoms with Crippen molar-refractivity contribution in [3.63, 3.8) is 0 Å². The molecule has 6 nitrogen and oxygen atoms in total. The Kier molecular flexibility index (Phi) is 5.93. The highest BCUT2D eigenvalue weighted by molar-refractivity contribution is 6.02. The third-order valence-electron chi connectivity index (χ3n) is 6.19. The molecule has 0 radical (unpaired) electrons. The largest absolute Gasteiger partial charge is 0.497 e. The number of amides is 2. The first-order chi connectivity index (χ1) is 14.6. The SMILES string of the molecule is COc1cc(NC(=O)[C@@H]2CCCC[C@@H]2C(=O)N2CCc3ccccc32)cc(OC)c1. The van der Waals surface area contributed by atoms with Crippen LogP contribution in [0.1, 0.15) is 31.2 Å². The summed E-state index contributed by atoms with van der Waals surface area (Å²) in [6.45, 7) is 0.691. The van der Waals surface area contributed by atoms with E-state index < -0.39 is 0 Å². The van der Waals surface area contributed by atoms with E-state index in [0.29, 0.717) is 23.7 Å². The van der Waals surface area contributed by atoms with Gasteiger partial charge in [-0.2, -0.15) is 0 Å². The number of para-hydroxylation sites is 1. The zero-order valence-corrected chi connectivity index (χ0v) is 17.5. The Morgan fingerprint density at radius 1 is 0.967 bits per heavy atom. The molecule has 1 heterocycles. The average Bonchev–Trinajstić information content (AvgIpc) is 3.22. The number of rotatable bonds is 5. The molecule has 1 N–H and O–H groups in total. The van der Waals surface area contributed by atoms with Crippen molar-refractivity contribution in [3.8, 4) is 11.5 Å². The van der Waals surface area contributed by atoms with Gasteiger partial charge in [0, 0.05) is 42.0 Å². The minimum atomic E-state index is -0.337. The van der Waals surface area contributed by atoms with E-state index in [2.05, 4.69) is 11.4 Å². The second-order valence-electron chi connectivity index (χ2n) is 7.96. The fourth-order valence-corrected chi connectivity index (χ4v) is 4.62. The highest BCUT2D eigenvalue weighted by Crippen LogP contribution is 2.36. The summed E-state index contributed by atoms with van der Waals surface area (Å²) in [5.74, 6) is 0.539. The van der Waals surface area contributed by atoms with Gasteiger partial charge < -0.3 is 19.7 Å². The lowest BCUT2D eigenvalue weighted by atomic mass is 9.77. The number of carbonyl (C=O) groups is 2. The fraction of sp³-hybridized carbons (Fsp3) is 0.417. The molecule has 2 atom stereocenters. The normalized spacial score (nSPS) is 20.4. The number of benzene rings is 2. The topological polar surface area (TPSA) is 67.9 Å². The number of hydrogen-bond acceptors (Lipinski definition) is 4. The Balaban J connectivity index is 1.53. The summed E-state index contributed by atoms with van der Waals surface area (Å²) in [4.78, 5) is 28.5. The summed E-state index contributed by atoms with van der Waals surface area (Å²) >= 11 is 0. The number of methoxy groups -OCH3 is 2. The van der Waals surface area contributed by atoms with Gasteiger partial charge in [0.15, 0.2) is 0 Å². The lowest BCUT2D eigenvalue weighted by Crippen LogP contribution is -2.43. The molecule has 1 saturated carbocycles. The van der Waals surface area contributed by atoms with Crippen molar-refractivity contribution in [2.24, 2.45) is 11.8 Å². The van der Waals surface area contributed by atoms with Gasteiger partial charge in [-0.3, -0.25) is 9.59 Å². The summed E-state index contributed by atoms with van der Waals surface area (Å²) in [6, 6.07) is 13.3. The highest BCUT2D eigenvalue weighted by Gasteiger charge is 2.39. The molecule has 0 saturated heterocycles. The number of nitrogens with zero attached hydrogens (tertiary/aromatic N) is 1. The van der Waals surface area contributed by atoms with Crippen LogP contribution in [-0.2, 0) is 16.0 Å². The van der Waals surface area contributed by atoms with Crippen molar-refractivity contribution in [1.82, 2.24) is 0 Å². The molecule has 1 aliphatic heterocycles. The van der Waals surface area contributed by atoms with Gasteiger partial charge >= 0.3 is 0 Å². The van der Waals surface area contributed by atoms with E-state index >= 15 is 0 Å². The van der Waals surface area contributed by atoms with Crippen LogP contribution >= 0.6 is 0 Å². The van der Waals surface area contributed by atoms with Crippen LogP contribution < -0.4 is 19.7 Å². The lowest BCUT2D eigenvalue weighted by molar-refractivity contribution is -0.132. The molecule has 6 heteroatoms. The van der Waals surface area contributed by atoms with E-state index in [-0.39, 0.29) is 23.7 Å². The van der Waals surface area contributed by atoms with Crippen molar-refractivity contribution in [2.45, 2.75) is 32.1 Å². The molecular formula is C24H28N2O4. The predicted molar refractivity (Wildman–Crippen MR) is 116 cm³/mol. The molecule has 2 aromatic carbocycles. The summed E-state index contributed by atoms with van der Waals surface area (Å²) in [5, 5.41) is 2.99. The number of anilines is 2. The molecule has 1 fully saturated rings. The molecule has 2 amide bonds. The second kappa shape index (κ2) is 8.78. The minimum absolute atomic E-state index is 0.0722. The van der Waals surface area contributed by atoms with Gasteiger partial charge in [0.2, 0.25) is 11.8 Å². The Labute approximate surface area is 177 Å². The van der Waals surface area contributed by atoms with Crippen LogP contribution in [0.15, 0.2) is 42.5 Å². The summed E-state index contributed by atoms with van der Waals surface area (Å²) in [7, 11) is 3.15. The van der Waals surface area contributed by atoms with Crippen LogP contribution in [0.25, 0.3) is 0 Å². The first-order valence-corrected chi connectivity index (χ1v) is 10.5. The van der Waals surface area contributed by atoms with E-state index in [9.17, 15) is 9.59 Å².